The summed E-state index contributed by atoms with van der Waals surface area (Å²) in [7, 11) is 0. The molecule has 2 aromatic rings. The molecular weight excluding hydrogens is 358 g/mol. The van der Waals surface area contributed by atoms with Crippen molar-refractivity contribution in [2.75, 3.05) is 18.5 Å². The predicted octanol–water partition coefficient (Wildman–Crippen LogP) is 3.50. The van der Waals surface area contributed by atoms with Crippen molar-refractivity contribution in [2.24, 2.45) is 0 Å². The van der Waals surface area contributed by atoms with Crippen molar-refractivity contribution in [1.82, 2.24) is 10.3 Å². The molecule has 2 N–H and O–H groups in total. The number of para-hydroxylation sites is 1. The molecule has 23 heavy (non-hydrogen) atoms. The lowest BCUT2D eigenvalue weighted by Crippen LogP contribution is -2.32. The largest absolute Gasteiger partial charge is 0.376 e. The van der Waals surface area contributed by atoms with E-state index in [0.717, 1.165) is 35.3 Å². The highest BCUT2D eigenvalue weighted by atomic mass is 79.9. The number of nitrogens with one attached hydrogen (secondary N) is 2. The first kappa shape index (κ1) is 16.0. The molecule has 120 valence electrons. The second-order valence-corrected chi connectivity index (χ2v) is 6.23. The van der Waals surface area contributed by atoms with Crippen LogP contribution < -0.4 is 10.6 Å². The van der Waals surface area contributed by atoms with E-state index in [9.17, 15) is 4.79 Å². The summed E-state index contributed by atoms with van der Waals surface area (Å²) < 4.78 is 6.46. The van der Waals surface area contributed by atoms with Gasteiger partial charge in [0, 0.05) is 29.5 Å². The third-order valence-electron chi connectivity index (χ3n) is 3.66. The van der Waals surface area contributed by atoms with Crippen molar-refractivity contribution < 1.29 is 9.53 Å². The van der Waals surface area contributed by atoms with Crippen molar-refractivity contribution in [3.05, 3.63) is 52.8 Å². The molecule has 1 unspecified atom stereocenters. The number of ether oxygens (including phenoxy) is 1. The van der Waals surface area contributed by atoms with Gasteiger partial charge in [0.2, 0.25) is 0 Å². The van der Waals surface area contributed by atoms with Crippen LogP contribution in [-0.4, -0.2) is 30.1 Å². The number of aromatic nitrogens is 1. The Hall–Kier alpha value is -1.92. The van der Waals surface area contributed by atoms with Gasteiger partial charge in [0.25, 0.3) is 5.91 Å². The fourth-order valence-corrected chi connectivity index (χ4v) is 2.84. The van der Waals surface area contributed by atoms with E-state index in [0.29, 0.717) is 12.2 Å². The second-order valence-electron chi connectivity index (χ2n) is 5.38. The highest BCUT2D eigenvalue weighted by molar-refractivity contribution is 9.10. The van der Waals surface area contributed by atoms with Gasteiger partial charge in [0.05, 0.1) is 11.8 Å². The molecule has 2 heterocycles. The van der Waals surface area contributed by atoms with Gasteiger partial charge >= 0.3 is 0 Å². The van der Waals surface area contributed by atoms with Gasteiger partial charge in [0.1, 0.15) is 5.69 Å². The van der Waals surface area contributed by atoms with Crippen LogP contribution in [0.25, 0.3) is 0 Å². The smallest absolute Gasteiger partial charge is 0.270 e. The lowest BCUT2D eigenvalue weighted by atomic mass is 10.2. The summed E-state index contributed by atoms with van der Waals surface area (Å²) in [6.45, 7) is 1.31. The van der Waals surface area contributed by atoms with Crippen molar-refractivity contribution in [3.63, 3.8) is 0 Å². The molecule has 0 radical (unpaired) electrons. The Bertz CT molecular complexity index is 687. The quantitative estimate of drug-likeness (QED) is 0.839. The number of hydrogen-bond acceptors (Lipinski definition) is 4. The van der Waals surface area contributed by atoms with Crippen molar-refractivity contribution in [2.45, 2.75) is 18.9 Å². The van der Waals surface area contributed by atoms with Crippen LogP contribution in [0, 0.1) is 0 Å². The Balaban J connectivity index is 1.64. The first-order valence-corrected chi connectivity index (χ1v) is 8.39. The lowest BCUT2D eigenvalue weighted by molar-refractivity contribution is 0.0854. The van der Waals surface area contributed by atoms with Gasteiger partial charge in [-0.25, -0.2) is 0 Å². The van der Waals surface area contributed by atoms with Gasteiger partial charge in [-0.15, -0.1) is 0 Å². The van der Waals surface area contributed by atoms with Crippen LogP contribution in [0.15, 0.2) is 47.1 Å². The maximum Gasteiger partial charge on any atom is 0.270 e. The van der Waals surface area contributed by atoms with E-state index in [2.05, 4.69) is 31.5 Å². The van der Waals surface area contributed by atoms with Gasteiger partial charge in [-0.2, -0.15) is 0 Å². The molecule has 5 nitrogen and oxygen atoms in total. The van der Waals surface area contributed by atoms with E-state index >= 15 is 0 Å². The Kier molecular flexibility index (Phi) is 5.25. The molecule has 3 rings (SSSR count). The summed E-state index contributed by atoms with van der Waals surface area (Å²) in [6, 6.07) is 11.4. The number of carbonyl (C=O) groups excluding carboxylic acids is 1. The summed E-state index contributed by atoms with van der Waals surface area (Å²) >= 11 is 3.49. The zero-order chi connectivity index (χ0) is 16.1. The SMILES string of the molecule is O=C(NCC1CCCO1)c1cc(Nc2ccccc2Br)ccn1. The summed E-state index contributed by atoms with van der Waals surface area (Å²) in [6.07, 6.45) is 3.81. The van der Waals surface area contributed by atoms with E-state index in [1.807, 2.05) is 30.3 Å². The molecule has 1 fully saturated rings. The zero-order valence-electron chi connectivity index (χ0n) is 12.6. The molecule has 1 atom stereocenters. The van der Waals surface area contributed by atoms with Gasteiger partial charge in [-0.05, 0) is 53.0 Å². The summed E-state index contributed by atoms with van der Waals surface area (Å²) in [5.41, 5.74) is 2.14. The van der Waals surface area contributed by atoms with Crippen LogP contribution in [0.2, 0.25) is 0 Å². The van der Waals surface area contributed by atoms with Crippen LogP contribution in [-0.2, 0) is 4.74 Å². The third kappa shape index (κ3) is 4.30. The Morgan fingerprint density at radius 2 is 2.22 bits per heavy atom. The van der Waals surface area contributed by atoms with Crippen molar-refractivity contribution in [3.8, 4) is 0 Å². The van der Waals surface area contributed by atoms with Gasteiger partial charge in [-0.1, -0.05) is 12.1 Å². The third-order valence-corrected chi connectivity index (χ3v) is 4.35. The number of carbonyl (C=O) groups is 1. The van der Waals surface area contributed by atoms with E-state index < -0.39 is 0 Å². The fraction of sp³-hybridized carbons (Fsp3) is 0.294. The molecule has 1 aromatic carbocycles. The second kappa shape index (κ2) is 7.57. The topological polar surface area (TPSA) is 63.2 Å². The minimum Gasteiger partial charge on any atom is -0.376 e. The lowest BCUT2D eigenvalue weighted by Gasteiger charge is -2.12. The summed E-state index contributed by atoms with van der Waals surface area (Å²) in [5.74, 6) is -0.184. The molecule has 0 spiro atoms. The van der Waals surface area contributed by atoms with Crippen LogP contribution in [0.1, 0.15) is 23.3 Å². The summed E-state index contributed by atoms with van der Waals surface area (Å²) in [4.78, 5) is 16.4. The number of rotatable bonds is 5. The minimum atomic E-state index is -0.184. The number of pyridine rings is 1. The van der Waals surface area contributed by atoms with E-state index in [1.54, 1.807) is 12.3 Å². The van der Waals surface area contributed by atoms with Gasteiger partial charge in [0.15, 0.2) is 0 Å². The summed E-state index contributed by atoms with van der Waals surface area (Å²) in [5, 5.41) is 6.15. The molecule has 6 heteroatoms. The number of anilines is 2. The number of halogens is 1. The number of nitrogens with zero attached hydrogens (tertiary/aromatic N) is 1. The van der Waals surface area contributed by atoms with Crippen LogP contribution in [0.3, 0.4) is 0 Å². The van der Waals surface area contributed by atoms with Crippen molar-refractivity contribution >= 4 is 33.2 Å². The molecule has 1 aromatic heterocycles. The molecule has 0 bridgehead atoms. The molecule has 0 saturated carbocycles. The predicted molar refractivity (Wildman–Crippen MR) is 93.0 cm³/mol. The monoisotopic (exact) mass is 375 g/mol. The maximum absolute atomic E-state index is 12.2. The molecule has 1 amide bonds. The van der Waals surface area contributed by atoms with E-state index in [4.69, 9.17) is 4.74 Å². The van der Waals surface area contributed by atoms with E-state index in [-0.39, 0.29) is 12.0 Å². The van der Waals surface area contributed by atoms with Crippen LogP contribution in [0.5, 0.6) is 0 Å². The van der Waals surface area contributed by atoms with Crippen LogP contribution >= 0.6 is 15.9 Å². The zero-order valence-corrected chi connectivity index (χ0v) is 14.2. The average molecular weight is 376 g/mol. The first-order chi connectivity index (χ1) is 11.2. The number of amides is 1. The molecular formula is C17H18BrN3O2. The Morgan fingerprint density at radius 1 is 1.35 bits per heavy atom. The highest BCUT2D eigenvalue weighted by Gasteiger charge is 2.17. The first-order valence-electron chi connectivity index (χ1n) is 7.60. The fourth-order valence-electron chi connectivity index (χ4n) is 2.45. The van der Waals surface area contributed by atoms with E-state index in [1.165, 1.54) is 0 Å². The van der Waals surface area contributed by atoms with Crippen molar-refractivity contribution in [1.29, 1.82) is 0 Å². The average Bonchev–Trinajstić information content (AvgIpc) is 3.08. The molecule has 0 aliphatic carbocycles. The number of benzene rings is 1. The van der Waals surface area contributed by atoms with Gasteiger partial charge < -0.3 is 15.4 Å². The molecule has 1 saturated heterocycles. The Labute approximate surface area is 143 Å². The maximum atomic E-state index is 12.2. The Morgan fingerprint density at radius 3 is 3.00 bits per heavy atom. The van der Waals surface area contributed by atoms with Gasteiger partial charge in [-0.3, -0.25) is 9.78 Å². The highest BCUT2D eigenvalue weighted by Crippen LogP contribution is 2.25. The normalized spacial score (nSPS) is 17.0. The number of hydrogen-bond donors (Lipinski definition) is 2. The minimum absolute atomic E-state index is 0.125. The molecule has 1 aliphatic heterocycles. The van der Waals surface area contributed by atoms with Crippen LogP contribution in [0.4, 0.5) is 11.4 Å². The molecule has 1 aliphatic rings. The standard InChI is InChI=1S/C17H18BrN3O2/c18-14-5-1-2-6-15(14)21-12-7-8-19-16(10-12)17(22)20-11-13-4-3-9-23-13/h1-2,5-8,10,13H,3-4,9,11H2,(H,19,21)(H,20,22).